The van der Waals surface area contributed by atoms with Crippen LogP contribution in [0.15, 0.2) is 30.3 Å². The Morgan fingerprint density at radius 3 is 2.50 bits per heavy atom. The molecule has 2 rings (SSSR count). The first-order valence-electron chi connectivity index (χ1n) is 6.35. The monoisotopic (exact) mass is 248 g/mol. The Labute approximate surface area is 108 Å². The van der Waals surface area contributed by atoms with Crippen LogP contribution in [0.25, 0.3) is 0 Å². The third-order valence-corrected chi connectivity index (χ3v) is 4.26. The Bertz CT molecular complexity index is 425. The molecule has 1 aromatic carbocycles. The molecule has 0 spiro atoms. The molecule has 0 bridgehead atoms. The van der Waals surface area contributed by atoms with Crippen LogP contribution in [0.3, 0.4) is 0 Å². The van der Waals surface area contributed by atoms with Gasteiger partial charge in [-0.25, -0.2) is 4.79 Å². The fourth-order valence-corrected chi connectivity index (χ4v) is 2.65. The molecule has 18 heavy (non-hydrogen) atoms. The molecule has 1 heterocycles. The van der Waals surface area contributed by atoms with Gasteiger partial charge in [-0.1, -0.05) is 44.2 Å². The quantitative estimate of drug-likeness (QED) is 0.894. The van der Waals surface area contributed by atoms with Crippen LogP contribution < -0.4 is 0 Å². The first-order chi connectivity index (χ1) is 8.43. The van der Waals surface area contributed by atoms with Crippen LogP contribution in [0.5, 0.6) is 0 Å². The predicted octanol–water partition coefficient (Wildman–Crippen LogP) is 2.74. The van der Waals surface area contributed by atoms with Gasteiger partial charge < -0.3 is 9.84 Å². The third kappa shape index (κ3) is 2.27. The van der Waals surface area contributed by atoms with E-state index in [0.717, 1.165) is 6.42 Å². The molecular formula is C15H20O3. The summed E-state index contributed by atoms with van der Waals surface area (Å²) in [4.78, 5) is 11.3. The van der Waals surface area contributed by atoms with Crippen molar-refractivity contribution in [2.45, 2.75) is 39.4 Å². The van der Waals surface area contributed by atoms with Crippen molar-refractivity contribution in [1.82, 2.24) is 0 Å². The van der Waals surface area contributed by atoms with Crippen LogP contribution in [-0.4, -0.2) is 23.3 Å². The Hall–Kier alpha value is -1.35. The van der Waals surface area contributed by atoms with Gasteiger partial charge in [0, 0.05) is 5.92 Å². The molecular weight excluding hydrogens is 228 g/mol. The summed E-state index contributed by atoms with van der Waals surface area (Å²) < 4.78 is 5.62. The first-order valence-corrected chi connectivity index (χ1v) is 6.35. The minimum atomic E-state index is -0.853. The summed E-state index contributed by atoms with van der Waals surface area (Å²) in [5, 5.41) is 9.29. The number of hydrogen-bond donors (Lipinski definition) is 1. The molecule has 0 saturated carbocycles. The summed E-state index contributed by atoms with van der Waals surface area (Å²) in [7, 11) is 0. The second-order valence-electron chi connectivity index (χ2n) is 5.65. The lowest BCUT2D eigenvalue weighted by Crippen LogP contribution is -2.34. The second kappa shape index (κ2) is 4.73. The molecule has 3 heteroatoms. The number of ether oxygens (including phenoxy) is 1. The maximum absolute atomic E-state index is 11.3. The lowest BCUT2D eigenvalue weighted by molar-refractivity contribution is -0.150. The van der Waals surface area contributed by atoms with Crippen molar-refractivity contribution in [3.05, 3.63) is 35.9 Å². The number of hydrogen-bond acceptors (Lipinski definition) is 2. The summed E-state index contributed by atoms with van der Waals surface area (Å²) in [6, 6.07) is 10.0. The van der Waals surface area contributed by atoms with Crippen LogP contribution in [0.4, 0.5) is 0 Å². The highest BCUT2D eigenvalue weighted by atomic mass is 16.5. The van der Waals surface area contributed by atoms with Crippen molar-refractivity contribution in [1.29, 1.82) is 0 Å². The molecule has 3 atom stereocenters. The Balaban J connectivity index is 2.24. The molecule has 0 aliphatic carbocycles. The molecule has 0 aromatic heterocycles. The number of carbonyl (C=O) groups is 1. The molecule has 1 aromatic rings. The zero-order valence-corrected chi connectivity index (χ0v) is 11.1. The number of rotatable bonds is 3. The summed E-state index contributed by atoms with van der Waals surface area (Å²) in [6.45, 7) is 6.14. The summed E-state index contributed by atoms with van der Waals surface area (Å²) >= 11 is 0. The fourth-order valence-electron chi connectivity index (χ4n) is 2.65. The normalized spacial score (nSPS) is 30.3. The van der Waals surface area contributed by atoms with Gasteiger partial charge in [0.1, 0.15) is 0 Å². The van der Waals surface area contributed by atoms with Crippen molar-refractivity contribution in [2.75, 3.05) is 0 Å². The Kier molecular flexibility index (Phi) is 3.44. The van der Waals surface area contributed by atoms with E-state index >= 15 is 0 Å². The predicted molar refractivity (Wildman–Crippen MR) is 69.4 cm³/mol. The summed E-state index contributed by atoms with van der Waals surface area (Å²) in [5.74, 6) is -0.847. The van der Waals surface area contributed by atoms with E-state index < -0.39 is 12.1 Å². The van der Waals surface area contributed by atoms with Crippen LogP contribution in [0.1, 0.15) is 26.3 Å². The minimum absolute atomic E-state index is 0.00685. The molecule has 3 nitrogen and oxygen atoms in total. The van der Waals surface area contributed by atoms with Crippen molar-refractivity contribution in [2.24, 2.45) is 11.3 Å². The SMILES string of the molecule is C[C@H]1O[C@H](C(=O)O)[C@@H](Cc2ccccc2)C1(C)C. The highest BCUT2D eigenvalue weighted by molar-refractivity contribution is 5.73. The van der Waals surface area contributed by atoms with Crippen molar-refractivity contribution < 1.29 is 14.6 Å². The van der Waals surface area contributed by atoms with E-state index in [1.54, 1.807) is 0 Å². The Morgan fingerprint density at radius 2 is 1.94 bits per heavy atom. The molecule has 0 amide bonds. The highest BCUT2D eigenvalue weighted by Gasteiger charge is 2.50. The lowest BCUT2D eigenvalue weighted by Gasteiger charge is -2.29. The van der Waals surface area contributed by atoms with Crippen LogP contribution >= 0.6 is 0 Å². The van der Waals surface area contributed by atoms with Crippen LogP contribution in [-0.2, 0) is 16.0 Å². The van der Waals surface area contributed by atoms with Gasteiger partial charge >= 0.3 is 5.97 Å². The average molecular weight is 248 g/mol. The number of carboxylic acid groups (broad SMARTS) is 1. The molecule has 1 aliphatic heterocycles. The summed E-state index contributed by atoms with van der Waals surface area (Å²) in [6.07, 6.45) is 0.0114. The number of aliphatic carboxylic acids is 1. The molecule has 0 unspecified atom stereocenters. The van der Waals surface area contributed by atoms with Crippen LogP contribution in [0.2, 0.25) is 0 Å². The van der Waals surface area contributed by atoms with Gasteiger partial charge in [-0.2, -0.15) is 0 Å². The van der Waals surface area contributed by atoms with E-state index in [-0.39, 0.29) is 17.4 Å². The average Bonchev–Trinajstić information content (AvgIpc) is 2.54. The largest absolute Gasteiger partial charge is 0.479 e. The minimum Gasteiger partial charge on any atom is -0.479 e. The van der Waals surface area contributed by atoms with Gasteiger partial charge in [0.05, 0.1) is 6.10 Å². The standard InChI is InChI=1S/C15H20O3/c1-10-15(2,3)12(13(18-10)14(16)17)9-11-7-5-4-6-8-11/h4-8,10,12-13H,9H2,1-3H3,(H,16,17)/t10-,12-,13+/m1/s1. The summed E-state index contributed by atoms with van der Waals surface area (Å²) in [5.41, 5.74) is 1.04. The van der Waals surface area contributed by atoms with Crippen molar-refractivity contribution in [3.8, 4) is 0 Å². The highest BCUT2D eigenvalue weighted by Crippen LogP contribution is 2.44. The van der Waals surface area contributed by atoms with E-state index in [2.05, 4.69) is 13.8 Å². The van der Waals surface area contributed by atoms with Gasteiger partial charge in [-0.3, -0.25) is 0 Å². The zero-order valence-electron chi connectivity index (χ0n) is 11.1. The van der Waals surface area contributed by atoms with Gasteiger partial charge in [0.25, 0.3) is 0 Å². The fraction of sp³-hybridized carbons (Fsp3) is 0.533. The van der Waals surface area contributed by atoms with Crippen molar-refractivity contribution in [3.63, 3.8) is 0 Å². The van der Waals surface area contributed by atoms with Crippen LogP contribution in [0, 0.1) is 11.3 Å². The topological polar surface area (TPSA) is 46.5 Å². The number of benzene rings is 1. The molecule has 98 valence electrons. The van der Waals surface area contributed by atoms with Gasteiger partial charge in [0.15, 0.2) is 6.10 Å². The maximum Gasteiger partial charge on any atom is 0.333 e. The maximum atomic E-state index is 11.3. The van der Waals surface area contributed by atoms with E-state index in [1.165, 1.54) is 5.56 Å². The van der Waals surface area contributed by atoms with E-state index in [1.807, 2.05) is 37.3 Å². The molecule has 1 aliphatic rings. The molecule has 1 N–H and O–H groups in total. The molecule has 0 radical (unpaired) electrons. The van der Waals surface area contributed by atoms with E-state index in [0.29, 0.717) is 0 Å². The smallest absolute Gasteiger partial charge is 0.333 e. The lowest BCUT2D eigenvalue weighted by atomic mass is 9.72. The molecule has 1 fully saturated rings. The number of carboxylic acids is 1. The third-order valence-electron chi connectivity index (χ3n) is 4.26. The Morgan fingerprint density at radius 1 is 1.33 bits per heavy atom. The van der Waals surface area contributed by atoms with Gasteiger partial charge in [-0.15, -0.1) is 0 Å². The van der Waals surface area contributed by atoms with E-state index in [9.17, 15) is 9.90 Å². The van der Waals surface area contributed by atoms with Crippen molar-refractivity contribution >= 4 is 5.97 Å². The second-order valence-corrected chi connectivity index (χ2v) is 5.65. The molecule has 1 saturated heterocycles. The van der Waals surface area contributed by atoms with Gasteiger partial charge in [0.2, 0.25) is 0 Å². The first kappa shape index (κ1) is 13.1. The zero-order chi connectivity index (χ0) is 13.3. The van der Waals surface area contributed by atoms with E-state index in [4.69, 9.17) is 4.74 Å². The van der Waals surface area contributed by atoms with Gasteiger partial charge in [-0.05, 0) is 24.3 Å².